The third-order valence-electron chi connectivity index (χ3n) is 6.51. The molecule has 4 nitrogen and oxygen atoms in total. The molecule has 0 atom stereocenters. The van der Waals surface area contributed by atoms with Gasteiger partial charge >= 0.3 is 0 Å². The summed E-state index contributed by atoms with van der Waals surface area (Å²) in [6.07, 6.45) is 4.50. The summed E-state index contributed by atoms with van der Waals surface area (Å²) in [5.41, 5.74) is 5.80. The van der Waals surface area contributed by atoms with Gasteiger partial charge in [0.05, 0.1) is 7.11 Å². The lowest BCUT2D eigenvalue weighted by molar-refractivity contribution is -0.116. The van der Waals surface area contributed by atoms with Crippen molar-refractivity contribution in [3.05, 3.63) is 80.2 Å². The van der Waals surface area contributed by atoms with Crippen LogP contribution in [0.4, 0.5) is 5.69 Å². The van der Waals surface area contributed by atoms with E-state index in [4.69, 9.17) is 4.74 Å². The molecule has 0 spiro atoms. The van der Waals surface area contributed by atoms with Gasteiger partial charge in [-0.15, -0.1) is 0 Å². The van der Waals surface area contributed by atoms with Crippen LogP contribution in [-0.4, -0.2) is 18.7 Å². The van der Waals surface area contributed by atoms with Gasteiger partial charge in [0, 0.05) is 50.6 Å². The average molecular weight is 525 g/mol. The first-order valence-corrected chi connectivity index (χ1v) is 11.9. The number of Topliss-reactive ketones (excluding diaryl/α,β-unsaturated/α-hetero) is 2. The molecule has 1 aliphatic heterocycles. The van der Waals surface area contributed by atoms with Crippen LogP contribution in [0.3, 0.4) is 0 Å². The van der Waals surface area contributed by atoms with E-state index in [9.17, 15) is 9.59 Å². The number of nitrogens with zero attached hydrogens (tertiary/aromatic N) is 1. The van der Waals surface area contributed by atoms with E-state index in [1.165, 1.54) is 0 Å². The van der Waals surface area contributed by atoms with Gasteiger partial charge in [-0.05, 0) is 90.2 Å². The van der Waals surface area contributed by atoms with Gasteiger partial charge in [0.1, 0.15) is 5.75 Å². The van der Waals surface area contributed by atoms with Crippen LogP contribution in [-0.2, 0) is 9.59 Å². The first kappa shape index (κ1) is 20.5. The summed E-state index contributed by atoms with van der Waals surface area (Å²) in [6.45, 7) is 0. The summed E-state index contributed by atoms with van der Waals surface area (Å²) in [4.78, 5) is 28.8. The summed E-state index contributed by atoms with van der Waals surface area (Å²) in [5, 5.41) is 0. The van der Waals surface area contributed by atoms with E-state index in [0.29, 0.717) is 12.8 Å². The molecule has 0 radical (unpaired) electrons. The van der Waals surface area contributed by atoms with Crippen LogP contribution in [0.25, 0.3) is 0 Å². The highest BCUT2D eigenvalue weighted by Crippen LogP contribution is 2.50. The molecule has 3 aliphatic rings. The fourth-order valence-electron chi connectivity index (χ4n) is 5.15. The molecule has 0 N–H and O–H groups in total. The Morgan fingerprint density at radius 1 is 0.806 bits per heavy atom. The van der Waals surface area contributed by atoms with Gasteiger partial charge in [0.25, 0.3) is 0 Å². The smallest absolute Gasteiger partial charge is 0.161 e. The van der Waals surface area contributed by atoms with Crippen molar-refractivity contribution in [1.29, 1.82) is 0 Å². The maximum atomic E-state index is 13.3. The van der Waals surface area contributed by atoms with Gasteiger partial charge in [0.2, 0.25) is 0 Å². The second-order valence-corrected chi connectivity index (χ2v) is 9.54. The molecule has 2 aliphatic carbocycles. The first-order chi connectivity index (χ1) is 15.1. The van der Waals surface area contributed by atoms with Gasteiger partial charge in [-0.1, -0.05) is 12.1 Å². The molecule has 31 heavy (non-hydrogen) atoms. The maximum absolute atomic E-state index is 13.3. The van der Waals surface area contributed by atoms with Crippen LogP contribution in [0.2, 0.25) is 0 Å². The second kappa shape index (κ2) is 8.26. The predicted octanol–water partition coefficient (Wildman–Crippen LogP) is 5.92. The number of carbonyl (C=O) groups excluding carboxylic acids is 2. The molecule has 5 heteroatoms. The summed E-state index contributed by atoms with van der Waals surface area (Å²) >= 11 is 2.30. The minimum Gasteiger partial charge on any atom is -0.497 e. The number of anilines is 1. The highest BCUT2D eigenvalue weighted by atomic mass is 127. The van der Waals surface area contributed by atoms with Crippen molar-refractivity contribution < 1.29 is 14.3 Å². The Hall–Kier alpha value is -2.41. The molecule has 0 unspecified atom stereocenters. The highest BCUT2D eigenvalue weighted by molar-refractivity contribution is 14.1. The fraction of sp³-hybridized carbons (Fsp3) is 0.308. The van der Waals surface area contributed by atoms with Gasteiger partial charge in [-0.2, -0.15) is 0 Å². The zero-order valence-corrected chi connectivity index (χ0v) is 19.6. The topological polar surface area (TPSA) is 46.6 Å². The first-order valence-electron chi connectivity index (χ1n) is 10.8. The molecule has 0 amide bonds. The molecule has 0 fully saturated rings. The van der Waals surface area contributed by atoms with E-state index in [-0.39, 0.29) is 17.5 Å². The number of benzene rings is 2. The van der Waals surface area contributed by atoms with Crippen LogP contribution < -0.4 is 9.64 Å². The number of methoxy groups -OCH3 is 1. The van der Waals surface area contributed by atoms with Crippen LogP contribution in [0.15, 0.2) is 71.1 Å². The maximum Gasteiger partial charge on any atom is 0.161 e. The predicted molar refractivity (Wildman–Crippen MR) is 129 cm³/mol. The number of halogens is 1. The molecule has 0 saturated heterocycles. The minimum atomic E-state index is -0.281. The summed E-state index contributed by atoms with van der Waals surface area (Å²) in [6, 6.07) is 16.2. The average Bonchev–Trinajstić information content (AvgIpc) is 2.79. The largest absolute Gasteiger partial charge is 0.497 e. The molecule has 0 saturated carbocycles. The van der Waals surface area contributed by atoms with Crippen molar-refractivity contribution in [2.24, 2.45) is 0 Å². The van der Waals surface area contributed by atoms with Crippen molar-refractivity contribution in [3.8, 4) is 5.75 Å². The van der Waals surface area contributed by atoms with E-state index < -0.39 is 0 Å². The monoisotopic (exact) mass is 525 g/mol. The summed E-state index contributed by atoms with van der Waals surface area (Å²) in [5.74, 6) is 0.829. The number of hydrogen-bond donors (Lipinski definition) is 0. The van der Waals surface area contributed by atoms with Crippen LogP contribution in [0.5, 0.6) is 5.75 Å². The van der Waals surface area contributed by atoms with E-state index in [1.54, 1.807) is 7.11 Å². The Labute approximate surface area is 196 Å². The Kier molecular flexibility index (Phi) is 5.46. The number of carbonyl (C=O) groups is 2. The lowest BCUT2D eigenvalue weighted by Crippen LogP contribution is -2.39. The number of ketones is 2. The molecule has 1 heterocycles. The Morgan fingerprint density at radius 3 is 1.87 bits per heavy atom. The minimum absolute atomic E-state index is 0.169. The Balaban J connectivity index is 1.75. The molecule has 0 bridgehead atoms. The van der Waals surface area contributed by atoms with Gasteiger partial charge in [0.15, 0.2) is 11.6 Å². The van der Waals surface area contributed by atoms with Crippen LogP contribution in [0, 0.1) is 3.57 Å². The van der Waals surface area contributed by atoms with Crippen LogP contribution >= 0.6 is 22.6 Å². The molecule has 2 aromatic rings. The summed E-state index contributed by atoms with van der Waals surface area (Å²) in [7, 11) is 1.64. The molecular weight excluding hydrogens is 501 g/mol. The Morgan fingerprint density at radius 2 is 1.35 bits per heavy atom. The number of rotatable bonds is 3. The fourth-order valence-corrected chi connectivity index (χ4v) is 5.51. The van der Waals surface area contributed by atoms with E-state index >= 15 is 0 Å². The van der Waals surface area contributed by atoms with Gasteiger partial charge in [-0.3, -0.25) is 9.59 Å². The molecule has 5 rings (SSSR count). The zero-order chi connectivity index (χ0) is 21.5. The number of hydrogen-bond acceptors (Lipinski definition) is 4. The second-order valence-electron chi connectivity index (χ2n) is 8.29. The SMILES string of the molecule is COc1ccc(C2C3=C(CCCC3=O)N(c3ccc(I)cc3)C3=C2C(=O)CCC3)cc1. The van der Waals surface area contributed by atoms with Crippen molar-refractivity contribution in [2.45, 2.75) is 44.4 Å². The Bertz CT molecular complexity index is 1070. The van der Waals surface area contributed by atoms with E-state index in [2.05, 4.69) is 51.8 Å². The molecule has 2 aromatic carbocycles. The van der Waals surface area contributed by atoms with Crippen LogP contribution in [0.1, 0.15) is 50.0 Å². The van der Waals surface area contributed by atoms with Crippen molar-refractivity contribution in [1.82, 2.24) is 0 Å². The third-order valence-corrected chi connectivity index (χ3v) is 7.23. The van der Waals surface area contributed by atoms with Crippen molar-refractivity contribution in [2.75, 3.05) is 12.0 Å². The molecule has 0 aromatic heterocycles. The van der Waals surface area contributed by atoms with Crippen molar-refractivity contribution in [3.63, 3.8) is 0 Å². The zero-order valence-electron chi connectivity index (χ0n) is 17.5. The standard InChI is InChI=1S/C26H24INO3/c1-31-19-14-8-16(9-15-19)24-25-20(4-2-6-22(25)29)28(18-12-10-17(27)11-13-18)21-5-3-7-23(30)26(21)24/h8-15,24H,2-7H2,1H3. The lowest BCUT2D eigenvalue weighted by Gasteiger charge is -2.44. The quantitative estimate of drug-likeness (QED) is 0.467. The van der Waals surface area contributed by atoms with E-state index in [0.717, 1.165) is 68.8 Å². The highest BCUT2D eigenvalue weighted by Gasteiger charge is 2.43. The number of ether oxygens (including phenoxy) is 1. The normalized spacial score (nSPS) is 19.5. The van der Waals surface area contributed by atoms with E-state index in [1.807, 2.05) is 24.3 Å². The third kappa shape index (κ3) is 3.53. The van der Waals surface area contributed by atoms with Gasteiger partial charge < -0.3 is 9.64 Å². The molecular formula is C26H24INO3. The van der Waals surface area contributed by atoms with Crippen molar-refractivity contribution >= 4 is 39.8 Å². The lowest BCUT2D eigenvalue weighted by atomic mass is 9.71. The van der Waals surface area contributed by atoms with Gasteiger partial charge in [-0.25, -0.2) is 0 Å². The number of allylic oxidation sites excluding steroid dienone is 4. The molecule has 158 valence electrons. The summed E-state index contributed by atoms with van der Waals surface area (Å²) < 4.78 is 6.49.